The number of rotatable bonds is 5. The molecule has 1 saturated heterocycles. The molecule has 1 N–H and O–H groups in total. The van der Waals surface area contributed by atoms with Crippen LogP contribution in [0.3, 0.4) is 0 Å². The second kappa shape index (κ2) is 8.20. The Bertz CT molecular complexity index is 1400. The highest BCUT2D eigenvalue weighted by molar-refractivity contribution is 7.89. The summed E-state index contributed by atoms with van der Waals surface area (Å²) in [6, 6.07) is 9.48. The second-order valence-corrected chi connectivity index (χ2v) is 10.5. The molecular weight excluding hydrogens is 450 g/mol. The van der Waals surface area contributed by atoms with Crippen LogP contribution < -0.4 is 5.56 Å². The van der Waals surface area contributed by atoms with Crippen molar-refractivity contribution >= 4 is 26.3 Å². The molecule has 1 aromatic carbocycles. The Balaban J connectivity index is 1.31. The van der Waals surface area contributed by atoms with Gasteiger partial charge in [-0.05, 0) is 6.92 Å². The second-order valence-electron chi connectivity index (χ2n) is 7.65. The van der Waals surface area contributed by atoms with Gasteiger partial charge < -0.3 is 4.98 Å². The predicted octanol–water partition coefficient (Wildman–Crippen LogP) is 1.36. The number of sulfonamides is 1. The lowest BCUT2D eigenvalue weighted by atomic mass is 10.2. The van der Waals surface area contributed by atoms with Crippen molar-refractivity contribution in [1.82, 2.24) is 33.8 Å². The summed E-state index contributed by atoms with van der Waals surface area (Å²) >= 11 is 1.37. The molecule has 0 radical (unpaired) electrons. The van der Waals surface area contributed by atoms with E-state index in [1.807, 2.05) is 31.2 Å². The van der Waals surface area contributed by atoms with E-state index in [2.05, 4.69) is 25.0 Å². The third-order valence-corrected chi connectivity index (χ3v) is 8.19. The molecule has 10 nitrogen and oxygen atoms in total. The Morgan fingerprint density at radius 2 is 1.88 bits per heavy atom. The smallest absolute Gasteiger partial charge is 0.275 e. The fourth-order valence-electron chi connectivity index (χ4n) is 3.63. The lowest BCUT2D eigenvalue weighted by Crippen LogP contribution is -2.48. The van der Waals surface area contributed by atoms with Gasteiger partial charge >= 0.3 is 0 Å². The molecule has 32 heavy (non-hydrogen) atoms. The van der Waals surface area contributed by atoms with E-state index in [4.69, 9.17) is 0 Å². The first-order valence-electron chi connectivity index (χ1n) is 10.1. The first kappa shape index (κ1) is 20.9. The highest BCUT2D eigenvalue weighted by Gasteiger charge is 2.29. The summed E-state index contributed by atoms with van der Waals surface area (Å²) in [5.41, 5.74) is 2.53. The van der Waals surface area contributed by atoms with Gasteiger partial charge in [0.05, 0.1) is 18.2 Å². The number of piperazine rings is 1. The topological polar surface area (TPSA) is 117 Å². The maximum Gasteiger partial charge on any atom is 0.275 e. The largest absolute Gasteiger partial charge is 0.335 e. The van der Waals surface area contributed by atoms with Crippen molar-refractivity contribution in [2.75, 3.05) is 26.2 Å². The van der Waals surface area contributed by atoms with Crippen LogP contribution in [0.2, 0.25) is 0 Å². The van der Waals surface area contributed by atoms with Gasteiger partial charge in [-0.25, -0.2) is 18.4 Å². The third-order valence-electron chi connectivity index (χ3n) is 5.40. The molecule has 4 aromatic rings. The van der Waals surface area contributed by atoms with Crippen LogP contribution in [0.5, 0.6) is 0 Å². The summed E-state index contributed by atoms with van der Waals surface area (Å²) in [7, 11) is -3.56. The minimum absolute atomic E-state index is 0.0978. The molecule has 0 amide bonds. The predicted molar refractivity (Wildman–Crippen MR) is 120 cm³/mol. The van der Waals surface area contributed by atoms with Gasteiger partial charge in [0.25, 0.3) is 15.6 Å². The zero-order valence-corrected chi connectivity index (χ0v) is 18.9. The fraction of sp³-hybridized carbons (Fsp3) is 0.300. The number of hydrogen-bond acceptors (Lipinski definition) is 8. The molecule has 4 heterocycles. The van der Waals surface area contributed by atoms with Crippen LogP contribution in [-0.2, 0) is 16.6 Å². The number of imidazole rings is 1. The molecule has 0 saturated carbocycles. The minimum Gasteiger partial charge on any atom is -0.335 e. The lowest BCUT2D eigenvalue weighted by molar-refractivity contribution is 0.179. The van der Waals surface area contributed by atoms with Gasteiger partial charge in [0.1, 0.15) is 5.01 Å². The minimum atomic E-state index is -3.56. The first-order chi connectivity index (χ1) is 15.4. The molecule has 5 rings (SSSR count). The Hall–Kier alpha value is -2.93. The molecule has 3 aromatic heterocycles. The number of hydrogen-bond donors (Lipinski definition) is 1. The molecule has 1 fully saturated rings. The zero-order valence-electron chi connectivity index (χ0n) is 17.3. The van der Waals surface area contributed by atoms with E-state index < -0.39 is 10.0 Å². The summed E-state index contributed by atoms with van der Waals surface area (Å²) in [4.78, 5) is 26.3. The summed E-state index contributed by atoms with van der Waals surface area (Å²) in [6.07, 6.45) is 2.67. The van der Waals surface area contributed by atoms with Crippen LogP contribution in [0, 0.1) is 6.92 Å². The average Bonchev–Trinajstić information content (AvgIpc) is 3.46. The normalized spacial score (nSPS) is 16.0. The number of benzene rings is 1. The monoisotopic (exact) mass is 471 g/mol. The first-order valence-corrected chi connectivity index (χ1v) is 12.3. The SMILES string of the molecule is Cc1ccc(-c2nn3c(=O)cc(CN4CCN(S(=O)(=O)c5cnc[nH]5)CC4)nc3s2)cc1. The summed E-state index contributed by atoms with van der Waals surface area (Å²) in [5.74, 6) is 0. The molecule has 0 bridgehead atoms. The van der Waals surface area contributed by atoms with E-state index in [0.717, 1.165) is 16.1 Å². The van der Waals surface area contributed by atoms with Gasteiger partial charge in [-0.15, -0.1) is 0 Å². The number of nitrogens with zero attached hydrogens (tertiary/aromatic N) is 6. The number of fused-ring (bicyclic) bond motifs is 1. The van der Waals surface area contributed by atoms with Crippen molar-refractivity contribution < 1.29 is 8.42 Å². The van der Waals surface area contributed by atoms with Crippen LogP contribution in [0.4, 0.5) is 0 Å². The Morgan fingerprint density at radius 1 is 1.12 bits per heavy atom. The van der Waals surface area contributed by atoms with E-state index in [1.165, 1.54) is 38.7 Å². The molecule has 12 heteroatoms. The molecule has 0 spiro atoms. The van der Waals surface area contributed by atoms with Crippen LogP contribution in [0.25, 0.3) is 15.5 Å². The van der Waals surface area contributed by atoms with Crippen molar-refractivity contribution in [3.8, 4) is 10.6 Å². The lowest BCUT2D eigenvalue weighted by Gasteiger charge is -2.33. The highest BCUT2D eigenvalue weighted by Crippen LogP contribution is 2.24. The van der Waals surface area contributed by atoms with Gasteiger partial charge in [0.15, 0.2) is 5.03 Å². The van der Waals surface area contributed by atoms with Crippen LogP contribution in [0.1, 0.15) is 11.3 Å². The quantitative estimate of drug-likeness (QED) is 0.467. The van der Waals surface area contributed by atoms with E-state index in [9.17, 15) is 13.2 Å². The van der Waals surface area contributed by atoms with Crippen LogP contribution in [-0.4, -0.2) is 68.4 Å². The van der Waals surface area contributed by atoms with E-state index in [-0.39, 0.29) is 10.6 Å². The van der Waals surface area contributed by atoms with E-state index in [0.29, 0.717) is 43.4 Å². The maximum atomic E-state index is 12.6. The fourth-order valence-corrected chi connectivity index (χ4v) is 5.88. The Kier molecular flexibility index (Phi) is 5.37. The van der Waals surface area contributed by atoms with E-state index >= 15 is 0 Å². The van der Waals surface area contributed by atoms with Crippen LogP contribution >= 0.6 is 11.3 Å². The van der Waals surface area contributed by atoms with Crippen molar-refractivity contribution in [2.45, 2.75) is 18.5 Å². The molecule has 0 unspecified atom stereocenters. The van der Waals surface area contributed by atoms with Gasteiger partial charge in [-0.1, -0.05) is 41.2 Å². The summed E-state index contributed by atoms with van der Waals surface area (Å²) in [5, 5.41) is 5.26. The number of H-pyrrole nitrogens is 1. The zero-order chi connectivity index (χ0) is 22.3. The molecule has 1 aliphatic rings. The molecule has 0 atom stereocenters. The van der Waals surface area contributed by atoms with Crippen molar-refractivity contribution in [3.05, 3.63) is 64.5 Å². The Morgan fingerprint density at radius 3 is 2.56 bits per heavy atom. The van der Waals surface area contributed by atoms with Gasteiger partial charge in [-0.2, -0.15) is 13.9 Å². The third kappa shape index (κ3) is 3.97. The summed E-state index contributed by atoms with van der Waals surface area (Å²) < 4.78 is 28.0. The van der Waals surface area contributed by atoms with Gasteiger partial charge in [-0.3, -0.25) is 9.69 Å². The maximum absolute atomic E-state index is 12.6. The van der Waals surface area contributed by atoms with Gasteiger partial charge in [0, 0.05) is 44.4 Å². The molecule has 1 aliphatic heterocycles. The van der Waals surface area contributed by atoms with Gasteiger partial charge in [0.2, 0.25) is 4.96 Å². The van der Waals surface area contributed by atoms with Crippen LogP contribution in [0.15, 0.2) is 52.7 Å². The molecule has 0 aliphatic carbocycles. The van der Waals surface area contributed by atoms with Crippen molar-refractivity contribution in [1.29, 1.82) is 0 Å². The molecular formula is C20H21N7O3S2. The van der Waals surface area contributed by atoms with E-state index in [1.54, 1.807) is 0 Å². The Labute approximate surface area is 188 Å². The summed E-state index contributed by atoms with van der Waals surface area (Å²) in [6.45, 7) is 4.31. The standard InChI is InChI=1S/C20H21N7O3S2/c1-14-2-4-15(5-3-14)19-24-27-18(28)10-16(23-20(27)31-19)12-25-6-8-26(9-7-25)32(29,30)17-11-21-13-22-17/h2-5,10-11,13H,6-9,12H2,1H3,(H,21,22). The number of aryl methyl sites for hydroxylation is 1. The number of aromatic nitrogens is 5. The van der Waals surface area contributed by atoms with Crippen molar-refractivity contribution in [3.63, 3.8) is 0 Å². The average molecular weight is 472 g/mol. The highest BCUT2D eigenvalue weighted by atomic mass is 32.2. The number of nitrogens with one attached hydrogen (secondary N) is 1. The molecule has 166 valence electrons. The number of aromatic amines is 1. The van der Waals surface area contributed by atoms with Crippen molar-refractivity contribution in [2.24, 2.45) is 0 Å².